The molecule has 1 aliphatic rings. The Bertz CT molecular complexity index is 587. The minimum atomic E-state index is -4.57. The van der Waals surface area contributed by atoms with Crippen molar-refractivity contribution < 1.29 is 17.6 Å². The second kappa shape index (κ2) is 9.97. The Balaban J connectivity index is 0.00000288. The van der Waals surface area contributed by atoms with Gasteiger partial charge in [-0.3, -0.25) is 4.90 Å². The van der Waals surface area contributed by atoms with Gasteiger partial charge in [-0.2, -0.15) is 13.2 Å². The van der Waals surface area contributed by atoms with Gasteiger partial charge >= 0.3 is 6.18 Å². The van der Waals surface area contributed by atoms with Gasteiger partial charge in [-0.1, -0.05) is 17.2 Å². The average Bonchev–Trinajstić information content (AvgIpc) is 2.47. The van der Waals surface area contributed by atoms with Gasteiger partial charge in [0.05, 0.1) is 10.6 Å². The van der Waals surface area contributed by atoms with Crippen LogP contribution in [0.5, 0.6) is 0 Å². The average molecular weight is 424 g/mol. The molecule has 1 aromatic carbocycles. The van der Waals surface area contributed by atoms with Crippen molar-refractivity contribution in [3.05, 3.63) is 46.3 Å². The zero-order valence-electron chi connectivity index (χ0n) is 13.6. The molecule has 1 fully saturated rings. The minimum absolute atomic E-state index is 0. The summed E-state index contributed by atoms with van der Waals surface area (Å²) in [4.78, 5) is 1.97. The van der Waals surface area contributed by atoms with E-state index in [1.165, 1.54) is 0 Å². The van der Waals surface area contributed by atoms with E-state index in [9.17, 15) is 17.6 Å². The fourth-order valence-electron chi connectivity index (χ4n) is 2.78. The number of piperazine rings is 1. The molecule has 144 valence electrons. The molecule has 0 spiro atoms. The van der Waals surface area contributed by atoms with Crippen LogP contribution in [0.1, 0.15) is 30.5 Å². The fraction of sp³-hybridized carbons (Fsp3) is 0.500. The highest BCUT2D eigenvalue weighted by Gasteiger charge is 2.34. The smallest absolute Gasteiger partial charge is 0.314 e. The quantitative estimate of drug-likeness (QED) is 0.525. The summed E-state index contributed by atoms with van der Waals surface area (Å²) in [5, 5.41) is 2.67. The Morgan fingerprint density at radius 1 is 1.28 bits per heavy atom. The molecule has 1 aromatic rings. The maximum absolute atomic E-state index is 14.5. The van der Waals surface area contributed by atoms with Gasteiger partial charge in [0.2, 0.25) is 0 Å². The lowest BCUT2D eigenvalue weighted by Gasteiger charge is -2.36. The van der Waals surface area contributed by atoms with Gasteiger partial charge in [-0.15, -0.1) is 31.4 Å². The van der Waals surface area contributed by atoms with E-state index in [4.69, 9.17) is 11.6 Å². The van der Waals surface area contributed by atoms with Gasteiger partial charge < -0.3 is 5.32 Å². The normalized spacial score (nSPS) is 16.6. The second-order valence-corrected chi connectivity index (χ2v) is 6.23. The molecule has 0 saturated carbocycles. The Kier molecular flexibility index (Phi) is 9.76. The number of nitrogens with one attached hydrogen (secondary N) is 1. The third kappa shape index (κ3) is 6.29. The molecule has 1 saturated heterocycles. The van der Waals surface area contributed by atoms with E-state index in [0.717, 1.165) is 11.6 Å². The van der Waals surface area contributed by atoms with Crippen LogP contribution in [0.4, 0.5) is 17.6 Å². The predicted octanol–water partition coefficient (Wildman–Crippen LogP) is 5.25. The minimum Gasteiger partial charge on any atom is -0.314 e. The molecule has 0 unspecified atom stereocenters. The molecule has 0 amide bonds. The molecule has 0 radical (unpaired) electrons. The maximum Gasteiger partial charge on any atom is 0.416 e. The number of hydrogen-bond donors (Lipinski definition) is 1. The Hall–Kier alpha value is -0.530. The third-order valence-electron chi connectivity index (χ3n) is 3.88. The summed E-state index contributed by atoms with van der Waals surface area (Å²) in [6.07, 6.45) is -4.18. The van der Waals surface area contributed by atoms with Crippen LogP contribution in [0.25, 0.3) is 0 Å². The first-order chi connectivity index (χ1) is 10.7. The van der Waals surface area contributed by atoms with E-state index >= 15 is 0 Å². The summed E-state index contributed by atoms with van der Waals surface area (Å²) < 4.78 is 53.5. The molecule has 1 N–H and O–H groups in total. The monoisotopic (exact) mass is 422 g/mol. The summed E-state index contributed by atoms with van der Waals surface area (Å²) in [5.41, 5.74) is -0.169. The lowest BCUT2D eigenvalue weighted by Crippen LogP contribution is -2.45. The van der Waals surface area contributed by atoms with Crippen LogP contribution in [-0.2, 0) is 6.18 Å². The molecular formula is C16H21Cl3F4N2. The first-order valence-electron chi connectivity index (χ1n) is 7.35. The molecule has 9 heteroatoms. The van der Waals surface area contributed by atoms with Crippen LogP contribution in [-0.4, -0.2) is 31.1 Å². The van der Waals surface area contributed by atoms with Gasteiger partial charge in [0.15, 0.2) is 0 Å². The van der Waals surface area contributed by atoms with Crippen LogP contribution in [0.15, 0.2) is 24.3 Å². The van der Waals surface area contributed by atoms with Crippen LogP contribution in [0, 0.1) is 5.82 Å². The summed E-state index contributed by atoms with van der Waals surface area (Å²) in [6.45, 7) is 8.28. The molecular weight excluding hydrogens is 403 g/mol. The first kappa shape index (κ1) is 24.5. The largest absolute Gasteiger partial charge is 0.416 e. The number of hydrogen-bond acceptors (Lipinski definition) is 2. The highest BCUT2D eigenvalue weighted by Crippen LogP contribution is 2.38. The summed E-state index contributed by atoms with van der Waals surface area (Å²) >= 11 is 5.72. The zero-order valence-corrected chi connectivity index (χ0v) is 16.0. The zero-order chi connectivity index (χ0) is 17.2. The van der Waals surface area contributed by atoms with Crippen LogP contribution in [0.3, 0.4) is 0 Å². The summed E-state index contributed by atoms with van der Waals surface area (Å²) in [5.74, 6) is -0.788. The molecule has 1 heterocycles. The van der Waals surface area contributed by atoms with Crippen molar-refractivity contribution in [1.82, 2.24) is 10.2 Å². The van der Waals surface area contributed by atoms with Crippen molar-refractivity contribution in [3.63, 3.8) is 0 Å². The van der Waals surface area contributed by atoms with E-state index in [1.807, 2.05) is 4.90 Å². The fourth-order valence-corrected chi connectivity index (χ4v) is 3.00. The highest BCUT2D eigenvalue weighted by molar-refractivity contribution is 6.30. The number of rotatable bonds is 4. The Morgan fingerprint density at radius 2 is 1.84 bits per heavy atom. The number of benzene rings is 1. The summed E-state index contributed by atoms with van der Waals surface area (Å²) in [6, 6.07) is 1.00. The van der Waals surface area contributed by atoms with Crippen molar-refractivity contribution in [2.75, 3.05) is 26.2 Å². The molecule has 2 nitrogen and oxygen atoms in total. The third-order valence-corrected chi connectivity index (χ3v) is 4.15. The Labute approximate surface area is 162 Å². The molecule has 2 rings (SSSR count). The van der Waals surface area contributed by atoms with Crippen molar-refractivity contribution in [2.45, 2.75) is 25.6 Å². The van der Waals surface area contributed by atoms with Crippen molar-refractivity contribution in [2.24, 2.45) is 0 Å². The van der Waals surface area contributed by atoms with E-state index in [2.05, 4.69) is 11.9 Å². The highest BCUT2D eigenvalue weighted by atomic mass is 35.5. The second-order valence-electron chi connectivity index (χ2n) is 5.82. The van der Waals surface area contributed by atoms with E-state index in [0.29, 0.717) is 38.7 Å². The molecule has 0 aromatic heterocycles. The van der Waals surface area contributed by atoms with Crippen molar-refractivity contribution in [1.29, 1.82) is 0 Å². The molecule has 1 aliphatic heterocycles. The molecule has 1 atom stereocenters. The van der Waals surface area contributed by atoms with Crippen molar-refractivity contribution in [3.8, 4) is 0 Å². The van der Waals surface area contributed by atoms with Gasteiger partial charge in [0.1, 0.15) is 5.82 Å². The first-order valence-corrected chi connectivity index (χ1v) is 7.73. The molecule has 0 aliphatic carbocycles. The lowest BCUT2D eigenvalue weighted by atomic mass is 9.95. The van der Waals surface area contributed by atoms with Crippen LogP contribution < -0.4 is 5.32 Å². The predicted molar refractivity (Wildman–Crippen MR) is 97.5 cm³/mol. The SMILES string of the molecule is C=C(C)C[C@H](c1cc(C(F)(F)F)cc(Cl)c1F)N1CCNCC1.Cl.Cl. The lowest BCUT2D eigenvalue weighted by molar-refractivity contribution is -0.137. The maximum atomic E-state index is 14.5. The topological polar surface area (TPSA) is 15.3 Å². The van der Waals surface area contributed by atoms with Gasteiger partial charge in [0, 0.05) is 37.8 Å². The number of halogens is 7. The van der Waals surface area contributed by atoms with Crippen LogP contribution >= 0.6 is 36.4 Å². The Morgan fingerprint density at radius 3 is 2.32 bits per heavy atom. The number of nitrogens with zero attached hydrogens (tertiary/aromatic N) is 1. The van der Waals surface area contributed by atoms with Crippen molar-refractivity contribution >= 4 is 36.4 Å². The van der Waals surface area contributed by atoms with Gasteiger partial charge in [0.25, 0.3) is 0 Å². The molecule has 0 bridgehead atoms. The van der Waals surface area contributed by atoms with E-state index in [-0.39, 0.29) is 30.4 Å². The summed E-state index contributed by atoms with van der Waals surface area (Å²) in [7, 11) is 0. The number of alkyl halides is 3. The van der Waals surface area contributed by atoms with Gasteiger partial charge in [-0.25, -0.2) is 4.39 Å². The van der Waals surface area contributed by atoms with E-state index in [1.54, 1.807) is 6.92 Å². The van der Waals surface area contributed by atoms with E-state index < -0.39 is 28.6 Å². The van der Waals surface area contributed by atoms with Crippen LogP contribution in [0.2, 0.25) is 5.02 Å². The molecule has 25 heavy (non-hydrogen) atoms. The standard InChI is InChI=1S/C16H19ClF4N2.2ClH/c1-10(2)7-14(23-5-3-22-4-6-23)12-8-11(16(19,20)21)9-13(17)15(12)18;;/h8-9,14,22H,1,3-7H2,2H3;2*1H/t14-;;/m1../s1. The van der Waals surface area contributed by atoms with Gasteiger partial charge in [-0.05, 0) is 25.5 Å².